The van der Waals surface area contributed by atoms with Gasteiger partial charge in [0.1, 0.15) is 5.37 Å². The molecule has 2 aromatic rings. The largest absolute Gasteiger partial charge is 0.465 e. The molecule has 0 spiro atoms. The highest BCUT2D eigenvalue weighted by Crippen LogP contribution is 2.42. The van der Waals surface area contributed by atoms with Gasteiger partial charge in [-0.05, 0) is 36.8 Å². The number of carbonyl (C=O) groups excluding carboxylic acids is 2. The highest BCUT2D eigenvalue weighted by atomic mass is 32.2. The van der Waals surface area contributed by atoms with E-state index in [0.29, 0.717) is 11.3 Å². The fraction of sp³-hybridized carbons (Fsp3) is 0.235. The van der Waals surface area contributed by atoms with Crippen LogP contribution < -0.4 is 4.90 Å². The minimum absolute atomic E-state index is 0.0535. The Morgan fingerprint density at radius 1 is 1.39 bits per heavy atom. The van der Waals surface area contributed by atoms with Crippen LogP contribution in [0.1, 0.15) is 26.9 Å². The number of benzene rings is 1. The molecule has 6 heteroatoms. The molecule has 1 aliphatic rings. The van der Waals surface area contributed by atoms with Gasteiger partial charge >= 0.3 is 5.97 Å². The van der Waals surface area contributed by atoms with E-state index in [1.807, 2.05) is 19.1 Å². The van der Waals surface area contributed by atoms with E-state index in [9.17, 15) is 9.59 Å². The molecule has 0 radical (unpaired) electrons. The number of aromatic nitrogens is 1. The number of thioether (sulfide) groups is 1. The van der Waals surface area contributed by atoms with Crippen LogP contribution in [-0.2, 0) is 9.53 Å². The SMILES string of the molecule is COC(=O)c1ccc(N2C(=O)CSC2c2cccnc2)c(C)c1. The molecule has 2 heterocycles. The van der Waals surface area contributed by atoms with Gasteiger partial charge < -0.3 is 4.74 Å². The van der Waals surface area contributed by atoms with Crippen LogP contribution in [0.2, 0.25) is 0 Å². The van der Waals surface area contributed by atoms with Crippen LogP contribution in [0.25, 0.3) is 0 Å². The van der Waals surface area contributed by atoms with E-state index in [2.05, 4.69) is 4.98 Å². The fourth-order valence-electron chi connectivity index (χ4n) is 2.62. The molecule has 1 saturated heterocycles. The van der Waals surface area contributed by atoms with E-state index in [1.54, 1.807) is 47.3 Å². The Labute approximate surface area is 138 Å². The molecule has 23 heavy (non-hydrogen) atoms. The van der Waals surface area contributed by atoms with Gasteiger partial charge in [-0.2, -0.15) is 0 Å². The third kappa shape index (κ3) is 2.94. The minimum Gasteiger partial charge on any atom is -0.465 e. The van der Waals surface area contributed by atoms with Crippen molar-refractivity contribution in [3.63, 3.8) is 0 Å². The number of nitrogens with zero attached hydrogens (tertiary/aromatic N) is 2. The number of carbonyl (C=O) groups is 2. The third-order valence-corrected chi connectivity index (χ3v) is 4.93. The van der Waals surface area contributed by atoms with Gasteiger partial charge in [0.25, 0.3) is 0 Å². The number of esters is 1. The van der Waals surface area contributed by atoms with Crippen LogP contribution in [0.5, 0.6) is 0 Å². The smallest absolute Gasteiger partial charge is 0.337 e. The second kappa shape index (κ2) is 6.42. The molecule has 1 fully saturated rings. The highest BCUT2D eigenvalue weighted by molar-refractivity contribution is 8.00. The van der Waals surface area contributed by atoms with Crippen LogP contribution in [0.3, 0.4) is 0 Å². The minimum atomic E-state index is -0.384. The molecule has 1 aromatic carbocycles. The first-order valence-electron chi connectivity index (χ1n) is 7.14. The first-order valence-corrected chi connectivity index (χ1v) is 8.19. The second-order valence-corrected chi connectivity index (χ2v) is 6.27. The number of methoxy groups -OCH3 is 1. The summed E-state index contributed by atoms with van der Waals surface area (Å²) in [6.45, 7) is 1.89. The summed E-state index contributed by atoms with van der Waals surface area (Å²) in [7, 11) is 1.35. The van der Waals surface area contributed by atoms with Gasteiger partial charge in [0.05, 0.1) is 18.4 Å². The Kier molecular flexibility index (Phi) is 4.34. The number of ether oxygens (including phenoxy) is 1. The Morgan fingerprint density at radius 3 is 2.87 bits per heavy atom. The quantitative estimate of drug-likeness (QED) is 0.811. The third-order valence-electron chi connectivity index (χ3n) is 3.71. The molecule has 1 unspecified atom stereocenters. The van der Waals surface area contributed by atoms with Crippen molar-refractivity contribution in [1.29, 1.82) is 0 Å². The molecule has 1 aliphatic heterocycles. The molecule has 1 atom stereocenters. The zero-order chi connectivity index (χ0) is 16.4. The van der Waals surface area contributed by atoms with Crippen LogP contribution in [0, 0.1) is 6.92 Å². The molecule has 1 aromatic heterocycles. The Hall–Kier alpha value is -2.34. The summed E-state index contributed by atoms with van der Waals surface area (Å²) in [5, 5.41) is -0.0983. The van der Waals surface area contributed by atoms with Crippen molar-refractivity contribution >= 4 is 29.3 Å². The first-order chi connectivity index (χ1) is 11.1. The number of aryl methyl sites for hydroxylation is 1. The van der Waals surface area contributed by atoms with Gasteiger partial charge in [-0.25, -0.2) is 4.79 Å². The number of amides is 1. The average molecular weight is 328 g/mol. The normalized spacial score (nSPS) is 17.4. The Bertz CT molecular complexity index is 749. The van der Waals surface area contributed by atoms with Gasteiger partial charge in [0.2, 0.25) is 5.91 Å². The monoisotopic (exact) mass is 328 g/mol. The van der Waals surface area contributed by atoms with Crippen molar-refractivity contribution in [2.24, 2.45) is 0 Å². The summed E-state index contributed by atoms with van der Waals surface area (Å²) in [5.41, 5.74) is 3.13. The first kappa shape index (κ1) is 15.6. The van der Waals surface area contributed by atoms with Crippen LogP contribution in [-0.4, -0.2) is 29.7 Å². The lowest BCUT2D eigenvalue weighted by atomic mass is 10.1. The predicted molar refractivity (Wildman–Crippen MR) is 89.4 cm³/mol. The zero-order valence-electron chi connectivity index (χ0n) is 12.9. The van der Waals surface area contributed by atoms with Gasteiger partial charge in [-0.15, -0.1) is 11.8 Å². The number of hydrogen-bond donors (Lipinski definition) is 0. The van der Waals surface area contributed by atoms with E-state index in [0.717, 1.165) is 16.8 Å². The molecule has 0 N–H and O–H groups in total. The maximum atomic E-state index is 12.4. The van der Waals surface area contributed by atoms with E-state index < -0.39 is 0 Å². The Morgan fingerprint density at radius 2 is 2.22 bits per heavy atom. The number of rotatable bonds is 3. The molecule has 118 valence electrons. The average Bonchev–Trinajstić information content (AvgIpc) is 2.96. The second-order valence-electron chi connectivity index (χ2n) is 5.21. The lowest BCUT2D eigenvalue weighted by Gasteiger charge is -2.25. The van der Waals surface area contributed by atoms with Gasteiger partial charge in [0.15, 0.2) is 0 Å². The molecule has 0 aliphatic carbocycles. The van der Waals surface area contributed by atoms with Crippen molar-refractivity contribution in [2.75, 3.05) is 17.8 Å². The maximum Gasteiger partial charge on any atom is 0.337 e. The van der Waals surface area contributed by atoms with E-state index in [4.69, 9.17) is 4.74 Å². The molecule has 3 rings (SSSR count). The summed E-state index contributed by atoms with van der Waals surface area (Å²) in [5.74, 6) is 0.0981. The van der Waals surface area contributed by atoms with Gasteiger partial charge in [-0.3, -0.25) is 14.7 Å². The summed E-state index contributed by atoms with van der Waals surface area (Å²) >= 11 is 1.57. The molecule has 0 saturated carbocycles. The topological polar surface area (TPSA) is 59.5 Å². The van der Waals surface area contributed by atoms with Gasteiger partial charge in [-0.1, -0.05) is 6.07 Å². The molecule has 0 bridgehead atoms. The van der Waals surface area contributed by atoms with E-state index >= 15 is 0 Å². The number of hydrogen-bond acceptors (Lipinski definition) is 5. The van der Waals surface area contributed by atoms with Crippen LogP contribution in [0.15, 0.2) is 42.7 Å². The summed E-state index contributed by atoms with van der Waals surface area (Å²) < 4.78 is 4.74. The van der Waals surface area contributed by atoms with Crippen LogP contribution in [0.4, 0.5) is 5.69 Å². The summed E-state index contributed by atoms with van der Waals surface area (Å²) in [6, 6.07) is 9.07. The number of pyridine rings is 1. The van der Waals surface area contributed by atoms with Crippen molar-refractivity contribution in [3.8, 4) is 0 Å². The van der Waals surface area contributed by atoms with Crippen molar-refractivity contribution in [3.05, 3.63) is 59.4 Å². The number of anilines is 1. The fourth-order valence-corrected chi connectivity index (χ4v) is 3.78. The molecule has 1 amide bonds. The molecule has 5 nitrogen and oxygen atoms in total. The summed E-state index contributed by atoms with van der Waals surface area (Å²) in [4.78, 5) is 29.9. The predicted octanol–water partition coefficient (Wildman–Crippen LogP) is 2.96. The zero-order valence-corrected chi connectivity index (χ0v) is 13.7. The molecular weight excluding hydrogens is 312 g/mol. The van der Waals surface area contributed by atoms with E-state index in [-0.39, 0.29) is 17.3 Å². The van der Waals surface area contributed by atoms with Crippen molar-refractivity contribution in [2.45, 2.75) is 12.3 Å². The Balaban J connectivity index is 1.98. The standard InChI is InChI=1S/C17H16N2O3S/c1-11-8-12(17(21)22-2)5-6-14(11)19-15(20)10-23-16(19)13-4-3-7-18-9-13/h3-9,16H,10H2,1-2H3. The lowest BCUT2D eigenvalue weighted by Crippen LogP contribution is -2.28. The van der Waals surface area contributed by atoms with Crippen molar-refractivity contribution in [1.82, 2.24) is 4.98 Å². The maximum absolute atomic E-state index is 12.4. The summed E-state index contributed by atoms with van der Waals surface area (Å²) in [6.07, 6.45) is 3.49. The highest BCUT2D eigenvalue weighted by Gasteiger charge is 2.35. The van der Waals surface area contributed by atoms with Crippen molar-refractivity contribution < 1.29 is 14.3 Å². The lowest BCUT2D eigenvalue weighted by molar-refractivity contribution is -0.115. The van der Waals surface area contributed by atoms with Gasteiger partial charge in [0, 0.05) is 23.6 Å². The van der Waals surface area contributed by atoms with E-state index in [1.165, 1.54) is 7.11 Å². The van der Waals surface area contributed by atoms with Crippen LogP contribution >= 0.6 is 11.8 Å². The molecular formula is C17H16N2O3S.